The van der Waals surface area contributed by atoms with Crippen molar-refractivity contribution in [3.05, 3.63) is 86.4 Å². The molecule has 0 aliphatic heterocycles. The normalized spacial score (nSPS) is 10.8. The molecule has 4 rings (SSSR count). The molecule has 140 valence electrons. The predicted octanol–water partition coefficient (Wildman–Crippen LogP) is 6.03. The van der Waals surface area contributed by atoms with Gasteiger partial charge in [0, 0.05) is 19.6 Å². The lowest BCUT2D eigenvalue weighted by molar-refractivity contribution is 0.0992. The molecule has 0 fully saturated rings. The minimum absolute atomic E-state index is 0.216. The van der Waals surface area contributed by atoms with Crippen LogP contribution in [0.25, 0.3) is 10.9 Å². The number of hydrogen-bond donors (Lipinski definition) is 1. The Morgan fingerprint density at radius 3 is 2.75 bits per heavy atom. The zero-order valence-corrected chi connectivity index (χ0v) is 18.2. The van der Waals surface area contributed by atoms with Crippen LogP contribution in [-0.2, 0) is 6.61 Å². The number of furan rings is 1. The summed E-state index contributed by atoms with van der Waals surface area (Å²) in [5.74, 6) is 1.20. The van der Waals surface area contributed by atoms with Crippen LogP contribution in [-0.4, -0.2) is 10.9 Å². The van der Waals surface area contributed by atoms with Crippen LogP contribution in [0.4, 0.5) is 5.69 Å². The summed E-state index contributed by atoms with van der Waals surface area (Å²) in [7, 11) is 0. The number of nitrogens with one attached hydrogen (secondary N) is 1. The molecule has 1 amide bonds. The highest BCUT2D eigenvalue weighted by Gasteiger charge is 2.14. The Balaban J connectivity index is 1.46. The third-order valence-corrected chi connectivity index (χ3v) is 5.46. The molecule has 2 heterocycles. The van der Waals surface area contributed by atoms with Gasteiger partial charge in [0.25, 0.3) is 5.91 Å². The molecule has 2 aromatic carbocycles. The van der Waals surface area contributed by atoms with Gasteiger partial charge in [-0.2, -0.15) is 0 Å². The maximum atomic E-state index is 12.6. The summed E-state index contributed by atoms with van der Waals surface area (Å²) in [6.45, 7) is 0.247. The fourth-order valence-electron chi connectivity index (χ4n) is 2.69. The zero-order chi connectivity index (χ0) is 19.5. The van der Waals surface area contributed by atoms with Crippen LogP contribution >= 0.6 is 38.5 Å². The van der Waals surface area contributed by atoms with E-state index in [-0.39, 0.29) is 18.3 Å². The van der Waals surface area contributed by atoms with Gasteiger partial charge in [-0.25, -0.2) is 0 Å². The Hall–Kier alpha value is -2.39. The molecule has 4 aromatic rings. The highest BCUT2D eigenvalue weighted by molar-refractivity contribution is 14.1. The predicted molar refractivity (Wildman–Crippen MR) is 120 cm³/mol. The molecule has 5 nitrogen and oxygen atoms in total. The van der Waals surface area contributed by atoms with Crippen molar-refractivity contribution in [1.82, 2.24) is 4.98 Å². The molecule has 0 bridgehead atoms. The van der Waals surface area contributed by atoms with Crippen molar-refractivity contribution in [3.8, 4) is 5.75 Å². The van der Waals surface area contributed by atoms with E-state index in [0.717, 1.165) is 19.2 Å². The van der Waals surface area contributed by atoms with E-state index in [9.17, 15) is 4.79 Å². The van der Waals surface area contributed by atoms with E-state index < -0.39 is 0 Å². The summed E-state index contributed by atoms with van der Waals surface area (Å²) >= 11 is 5.74. The molecule has 28 heavy (non-hydrogen) atoms. The van der Waals surface area contributed by atoms with E-state index in [0.29, 0.717) is 17.0 Å². The molecule has 0 saturated heterocycles. The van der Waals surface area contributed by atoms with E-state index in [1.54, 1.807) is 24.4 Å². The minimum atomic E-state index is -0.338. The third kappa shape index (κ3) is 4.20. The molecular formula is C21H14BrIN2O3. The van der Waals surface area contributed by atoms with Gasteiger partial charge in [-0.05, 0) is 77.2 Å². The Bertz CT molecular complexity index is 1140. The molecule has 0 radical (unpaired) electrons. The standard InChI is InChI=1S/C21H14BrIN2O3/c22-17-8-9-18(20-16(17)2-1-11-24-20)25-21(26)19-10-7-15(28-19)12-27-14-5-3-13(23)4-6-14/h1-11H,12H2,(H,25,26). The number of pyridine rings is 1. The van der Waals surface area contributed by atoms with Gasteiger partial charge >= 0.3 is 0 Å². The Kier molecular flexibility index (Phi) is 5.63. The Morgan fingerprint density at radius 1 is 1.11 bits per heavy atom. The van der Waals surface area contributed by atoms with Gasteiger partial charge in [0.2, 0.25) is 0 Å². The molecule has 0 atom stereocenters. The first-order valence-electron chi connectivity index (χ1n) is 8.42. The van der Waals surface area contributed by atoms with Gasteiger partial charge in [0.1, 0.15) is 18.1 Å². The number of fused-ring (bicyclic) bond motifs is 1. The highest BCUT2D eigenvalue weighted by atomic mass is 127. The average molecular weight is 549 g/mol. The van der Waals surface area contributed by atoms with Crippen LogP contribution in [0.5, 0.6) is 5.75 Å². The average Bonchev–Trinajstić information content (AvgIpc) is 3.19. The van der Waals surface area contributed by atoms with Crippen molar-refractivity contribution in [3.63, 3.8) is 0 Å². The van der Waals surface area contributed by atoms with Crippen LogP contribution in [0.2, 0.25) is 0 Å². The fraction of sp³-hybridized carbons (Fsp3) is 0.0476. The van der Waals surface area contributed by atoms with Crippen LogP contribution in [0.15, 0.2) is 75.8 Å². The largest absolute Gasteiger partial charge is 0.486 e. The second kappa shape index (κ2) is 8.32. The highest BCUT2D eigenvalue weighted by Crippen LogP contribution is 2.28. The summed E-state index contributed by atoms with van der Waals surface area (Å²) in [4.78, 5) is 16.9. The van der Waals surface area contributed by atoms with Crippen molar-refractivity contribution in [2.75, 3.05) is 5.32 Å². The first-order chi connectivity index (χ1) is 13.6. The van der Waals surface area contributed by atoms with Gasteiger partial charge in [0.05, 0.1) is 11.2 Å². The number of benzene rings is 2. The van der Waals surface area contributed by atoms with Crippen LogP contribution < -0.4 is 10.1 Å². The van der Waals surface area contributed by atoms with Crippen molar-refractivity contribution in [2.24, 2.45) is 0 Å². The number of anilines is 1. The van der Waals surface area contributed by atoms with Gasteiger partial charge in [-0.15, -0.1) is 0 Å². The fourth-order valence-corrected chi connectivity index (χ4v) is 3.50. The van der Waals surface area contributed by atoms with Gasteiger partial charge < -0.3 is 14.5 Å². The second-order valence-electron chi connectivity index (χ2n) is 5.96. The molecule has 7 heteroatoms. The van der Waals surface area contributed by atoms with E-state index >= 15 is 0 Å². The van der Waals surface area contributed by atoms with E-state index in [1.807, 2.05) is 42.5 Å². The van der Waals surface area contributed by atoms with Crippen LogP contribution in [0.3, 0.4) is 0 Å². The molecule has 0 spiro atoms. The number of ether oxygens (including phenoxy) is 1. The van der Waals surface area contributed by atoms with Crippen molar-refractivity contribution in [1.29, 1.82) is 0 Å². The number of nitrogens with zero attached hydrogens (tertiary/aromatic N) is 1. The molecule has 1 N–H and O–H groups in total. The number of halogens is 2. The maximum absolute atomic E-state index is 12.6. The maximum Gasteiger partial charge on any atom is 0.291 e. The smallest absolute Gasteiger partial charge is 0.291 e. The van der Waals surface area contributed by atoms with Gasteiger partial charge in [0.15, 0.2) is 5.76 Å². The summed E-state index contributed by atoms with van der Waals surface area (Å²) < 4.78 is 13.4. The number of carbonyl (C=O) groups excluding carboxylic acids is 1. The zero-order valence-electron chi connectivity index (χ0n) is 14.5. The van der Waals surface area contributed by atoms with Crippen molar-refractivity contribution in [2.45, 2.75) is 6.61 Å². The lowest BCUT2D eigenvalue weighted by atomic mass is 10.2. The van der Waals surface area contributed by atoms with Crippen LogP contribution in [0.1, 0.15) is 16.3 Å². The van der Waals surface area contributed by atoms with E-state index in [2.05, 4.69) is 48.8 Å². The molecular weight excluding hydrogens is 535 g/mol. The first-order valence-corrected chi connectivity index (χ1v) is 10.3. The number of amides is 1. The number of hydrogen-bond acceptors (Lipinski definition) is 4. The van der Waals surface area contributed by atoms with E-state index in [4.69, 9.17) is 9.15 Å². The number of rotatable bonds is 5. The lowest BCUT2D eigenvalue weighted by Crippen LogP contribution is -2.11. The molecule has 0 aliphatic carbocycles. The summed E-state index contributed by atoms with van der Waals surface area (Å²) in [6, 6.07) is 18.6. The quantitative estimate of drug-likeness (QED) is 0.309. The molecule has 0 unspecified atom stereocenters. The third-order valence-electron chi connectivity index (χ3n) is 4.04. The number of carbonyl (C=O) groups is 1. The first kappa shape index (κ1) is 18.9. The summed E-state index contributed by atoms with van der Waals surface area (Å²) in [5, 5.41) is 3.79. The Morgan fingerprint density at radius 2 is 1.93 bits per heavy atom. The minimum Gasteiger partial charge on any atom is -0.486 e. The molecule has 0 saturated carbocycles. The Labute approximate surface area is 183 Å². The topological polar surface area (TPSA) is 64.4 Å². The lowest BCUT2D eigenvalue weighted by Gasteiger charge is -2.08. The van der Waals surface area contributed by atoms with Gasteiger partial charge in [-0.3, -0.25) is 9.78 Å². The molecule has 0 aliphatic rings. The second-order valence-corrected chi connectivity index (χ2v) is 8.06. The summed E-state index contributed by atoms with van der Waals surface area (Å²) in [6.07, 6.45) is 1.69. The van der Waals surface area contributed by atoms with Crippen LogP contribution in [0, 0.1) is 3.57 Å². The van der Waals surface area contributed by atoms with E-state index in [1.165, 1.54) is 0 Å². The number of aromatic nitrogens is 1. The van der Waals surface area contributed by atoms with Crippen molar-refractivity contribution >= 4 is 61.0 Å². The summed E-state index contributed by atoms with van der Waals surface area (Å²) in [5.41, 5.74) is 1.33. The molecule has 2 aromatic heterocycles. The van der Waals surface area contributed by atoms with Gasteiger partial charge in [-0.1, -0.05) is 22.0 Å². The van der Waals surface area contributed by atoms with Crippen molar-refractivity contribution < 1.29 is 13.9 Å². The monoisotopic (exact) mass is 548 g/mol. The SMILES string of the molecule is O=C(Nc1ccc(Br)c2cccnc12)c1ccc(COc2ccc(I)cc2)o1.